The fourth-order valence-electron chi connectivity index (χ4n) is 11.1. The Labute approximate surface area is 369 Å². The van der Waals surface area contributed by atoms with E-state index in [1.165, 1.54) is 94.1 Å². The van der Waals surface area contributed by atoms with E-state index in [1.807, 2.05) is 0 Å². The molecule has 11 aromatic rings. The van der Waals surface area contributed by atoms with Crippen molar-refractivity contribution in [2.75, 3.05) is 9.80 Å². The van der Waals surface area contributed by atoms with Gasteiger partial charge in [-0.15, -0.1) is 0 Å². The molecule has 2 aromatic heterocycles. The summed E-state index contributed by atoms with van der Waals surface area (Å²) in [5.74, 6) is 3.67. The van der Waals surface area contributed by atoms with E-state index in [2.05, 4.69) is 192 Å². The van der Waals surface area contributed by atoms with E-state index in [4.69, 9.17) is 9.47 Å². The number of ether oxygens (including phenoxy) is 2. The number of fused-ring (bicyclic) bond motifs is 16. The van der Waals surface area contributed by atoms with Crippen LogP contribution in [0.15, 0.2) is 182 Å². The van der Waals surface area contributed by atoms with E-state index in [1.54, 1.807) is 0 Å². The Hall–Kier alpha value is -6.65. The predicted octanol–water partition coefficient (Wildman–Crippen LogP) is 9.22. The van der Waals surface area contributed by atoms with Crippen LogP contribution in [0, 0.1) is 0 Å². The van der Waals surface area contributed by atoms with Crippen LogP contribution in [0.4, 0.5) is 34.1 Å². The first-order valence-electron chi connectivity index (χ1n) is 21.1. The standard InChI is InChI=1S/C54H30B2N2O2Se2/c1-3-15-31(16-4-1)57-39-23-11-9-21-35(39)55-38-27-37-42(29-43(38)60-54-50-34-20-8-14-26-46(34)61-47(50)28-41(57)51(54)55)59-44-30-48-49(33-19-7-13-25-45(33)62-48)53-52(44)56(37)36-22-10-12-24-40(36)58(53)32-17-5-2-6-18-32/h1-30H. The average molecular weight is 918 g/mol. The molecule has 0 atom stereocenters. The number of anilines is 6. The van der Waals surface area contributed by atoms with Crippen molar-refractivity contribution in [2.45, 2.75) is 0 Å². The Morgan fingerprint density at radius 3 is 1.60 bits per heavy atom. The zero-order valence-electron chi connectivity index (χ0n) is 33.0. The van der Waals surface area contributed by atoms with Gasteiger partial charge in [0.15, 0.2) is 0 Å². The van der Waals surface area contributed by atoms with Gasteiger partial charge in [-0.25, -0.2) is 0 Å². The third-order valence-electron chi connectivity index (χ3n) is 13.5. The van der Waals surface area contributed by atoms with Gasteiger partial charge < -0.3 is 0 Å². The number of rotatable bonds is 2. The zero-order chi connectivity index (χ0) is 40.2. The monoisotopic (exact) mass is 920 g/mol. The molecule has 4 aliphatic rings. The van der Waals surface area contributed by atoms with Gasteiger partial charge in [0.1, 0.15) is 0 Å². The van der Waals surface area contributed by atoms with E-state index in [9.17, 15) is 0 Å². The second kappa shape index (κ2) is 12.5. The van der Waals surface area contributed by atoms with Crippen LogP contribution in [0.3, 0.4) is 0 Å². The molecule has 0 saturated carbocycles. The Balaban J connectivity index is 1.03. The number of hydrogen-bond acceptors (Lipinski definition) is 4. The van der Waals surface area contributed by atoms with Crippen molar-refractivity contribution in [3.63, 3.8) is 0 Å². The van der Waals surface area contributed by atoms with Crippen LogP contribution in [0.1, 0.15) is 0 Å². The van der Waals surface area contributed by atoms with Crippen molar-refractivity contribution in [1.29, 1.82) is 0 Å². The summed E-state index contributed by atoms with van der Waals surface area (Å²) in [6.07, 6.45) is 0. The van der Waals surface area contributed by atoms with E-state index in [-0.39, 0.29) is 42.4 Å². The maximum atomic E-state index is 7.44. The first kappa shape index (κ1) is 34.0. The summed E-state index contributed by atoms with van der Waals surface area (Å²) >= 11 is 0.302. The van der Waals surface area contributed by atoms with Gasteiger partial charge in [0.25, 0.3) is 0 Å². The van der Waals surface area contributed by atoms with E-state index >= 15 is 0 Å². The molecule has 9 aromatic carbocycles. The molecule has 8 heteroatoms. The second-order valence-corrected chi connectivity index (χ2v) is 21.2. The van der Waals surface area contributed by atoms with Gasteiger partial charge in [0.2, 0.25) is 0 Å². The molecule has 4 aliphatic heterocycles. The van der Waals surface area contributed by atoms with Crippen molar-refractivity contribution in [3.8, 4) is 23.0 Å². The fraction of sp³-hybridized carbons (Fsp3) is 0. The molecule has 0 bridgehead atoms. The summed E-state index contributed by atoms with van der Waals surface area (Å²) in [5.41, 5.74) is 14.5. The van der Waals surface area contributed by atoms with Gasteiger partial charge in [0.05, 0.1) is 0 Å². The Morgan fingerprint density at radius 1 is 0.371 bits per heavy atom. The molecule has 0 radical (unpaired) electrons. The maximum absolute atomic E-state index is 7.44. The number of hydrogen-bond donors (Lipinski definition) is 0. The first-order valence-corrected chi connectivity index (χ1v) is 24.6. The Kier molecular flexibility index (Phi) is 6.84. The average Bonchev–Trinajstić information content (AvgIpc) is 3.89. The van der Waals surface area contributed by atoms with Gasteiger partial charge in [-0.3, -0.25) is 0 Å². The van der Waals surface area contributed by atoms with Crippen LogP contribution in [0.2, 0.25) is 0 Å². The minimum atomic E-state index is -0.0501. The van der Waals surface area contributed by atoms with E-state index in [0.717, 1.165) is 34.4 Å². The molecule has 0 aliphatic carbocycles. The molecule has 286 valence electrons. The molecule has 0 saturated heterocycles. The quantitative estimate of drug-likeness (QED) is 0.162. The number of benzene rings is 9. The second-order valence-electron chi connectivity index (χ2n) is 16.7. The number of nitrogens with zero attached hydrogens (tertiary/aromatic N) is 2. The summed E-state index contributed by atoms with van der Waals surface area (Å²) in [6, 6.07) is 67.3. The zero-order valence-corrected chi connectivity index (χ0v) is 36.4. The minimum absolute atomic E-state index is 0.0501. The van der Waals surface area contributed by atoms with Gasteiger partial charge >= 0.3 is 372 Å². The predicted molar refractivity (Wildman–Crippen MR) is 262 cm³/mol. The van der Waals surface area contributed by atoms with Gasteiger partial charge in [0, 0.05) is 0 Å². The van der Waals surface area contributed by atoms with Crippen molar-refractivity contribution < 1.29 is 9.47 Å². The van der Waals surface area contributed by atoms with Gasteiger partial charge in [-0.2, -0.15) is 0 Å². The molecule has 0 unspecified atom stereocenters. The number of para-hydroxylation sites is 4. The molecule has 0 amide bonds. The molecule has 62 heavy (non-hydrogen) atoms. The Morgan fingerprint density at radius 2 is 0.903 bits per heavy atom. The van der Waals surface area contributed by atoms with Crippen LogP contribution in [0.25, 0.3) is 38.6 Å². The van der Waals surface area contributed by atoms with E-state index < -0.39 is 0 Å². The third kappa shape index (κ3) is 4.45. The molecule has 0 spiro atoms. The first-order chi connectivity index (χ1) is 30.8. The summed E-state index contributed by atoms with van der Waals surface area (Å²) in [5, 5.41) is 5.22. The molecule has 0 N–H and O–H groups in total. The van der Waals surface area contributed by atoms with Gasteiger partial charge in [-0.1, -0.05) is 0 Å². The summed E-state index contributed by atoms with van der Waals surface area (Å²) < 4.78 is 20.3. The summed E-state index contributed by atoms with van der Waals surface area (Å²) in [4.78, 5) is 4.98. The van der Waals surface area contributed by atoms with Crippen LogP contribution in [-0.2, 0) is 0 Å². The molecule has 4 nitrogen and oxygen atoms in total. The SMILES string of the molecule is c1ccc(N2c3ccccc3B3c4cc5c(cc4Oc4c3c2cc2[se]c3ccccc3c42)Oc2cc3[se]c4ccccc4c3c3c2B5c2ccccc2N3c2ccccc2)cc1. The fourth-order valence-corrected chi connectivity index (χ4v) is 15.9. The van der Waals surface area contributed by atoms with Crippen molar-refractivity contribution in [1.82, 2.24) is 0 Å². The van der Waals surface area contributed by atoms with Gasteiger partial charge in [-0.05, 0) is 0 Å². The van der Waals surface area contributed by atoms with Crippen molar-refractivity contribution in [3.05, 3.63) is 182 Å². The Bertz CT molecular complexity index is 3730. The van der Waals surface area contributed by atoms with Crippen LogP contribution < -0.4 is 52.1 Å². The van der Waals surface area contributed by atoms with Crippen LogP contribution in [-0.4, -0.2) is 42.4 Å². The summed E-state index contributed by atoms with van der Waals surface area (Å²) in [6.45, 7) is -0.100. The third-order valence-corrected chi connectivity index (χ3v) is 18.2. The topological polar surface area (TPSA) is 24.9 Å². The molecule has 0 fully saturated rings. The van der Waals surface area contributed by atoms with Crippen LogP contribution in [0.5, 0.6) is 23.0 Å². The molecule has 6 heterocycles. The molecular weight excluding hydrogens is 888 g/mol. The summed E-state index contributed by atoms with van der Waals surface area (Å²) in [7, 11) is 0. The molecule has 15 rings (SSSR count). The van der Waals surface area contributed by atoms with Crippen molar-refractivity contribution >= 4 is 148 Å². The molecular formula is C54H30B2N2O2Se2. The normalized spacial score (nSPS) is 13.9. The van der Waals surface area contributed by atoms with E-state index in [0.29, 0.717) is 0 Å². The van der Waals surface area contributed by atoms with Crippen molar-refractivity contribution in [2.24, 2.45) is 0 Å². The van der Waals surface area contributed by atoms with Crippen LogP contribution >= 0.6 is 0 Å².